The lowest BCUT2D eigenvalue weighted by molar-refractivity contribution is -0.127. The van der Waals surface area contributed by atoms with Gasteiger partial charge in [0.15, 0.2) is 0 Å². The van der Waals surface area contributed by atoms with E-state index >= 15 is 0 Å². The fourth-order valence-electron chi connectivity index (χ4n) is 1.51. The molecule has 0 radical (unpaired) electrons. The van der Waals surface area contributed by atoms with Gasteiger partial charge in [0.1, 0.15) is 0 Å². The van der Waals surface area contributed by atoms with Gasteiger partial charge in [0.25, 0.3) is 0 Å². The SMILES string of the molecule is CCN1CC(COC)CC1=O. The van der Waals surface area contributed by atoms with Crippen LogP contribution in [0.3, 0.4) is 0 Å². The molecule has 64 valence electrons. The first kappa shape index (κ1) is 8.53. The Labute approximate surface area is 67.3 Å². The molecule has 0 aromatic rings. The van der Waals surface area contributed by atoms with Gasteiger partial charge in [0.2, 0.25) is 5.91 Å². The second-order valence-electron chi connectivity index (χ2n) is 2.96. The fraction of sp³-hybridized carbons (Fsp3) is 0.875. The van der Waals surface area contributed by atoms with E-state index in [1.165, 1.54) is 0 Å². The first-order valence-electron chi connectivity index (χ1n) is 4.04. The Kier molecular flexibility index (Phi) is 2.88. The molecular formula is C8H15NO2. The molecule has 0 aromatic heterocycles. The summed E-state index contributed by atoms with van der Waals surface area (Å²) in [6.07, 6.45) is 0.668. The van der Waals surface area contributed by atoms with E-state index in [2.05, 4.69) is 0 Å². The predicted molar refractivity (Wildman–Crippen MR) is 42.2 cm³/mol. The zero-order valence-electron chi connectivity index (χ0n) is 7.17. The van der Waals surface area contributed by atoms with Crippen LogP contribution in [0.2, 0.25) is 0 Å². The summed E-state index contributed by atoms with van der Waals surface area (Å²) in [5, 5.41) is 0. The van der Waals surface area contributed by atoms with Gasteiger partial charge in [-0.05, 0) is 6.92 Å². The second-order valence-corrected chi connectivity index (χ2v) is 2.96. The number of carbonyl (C=O) groups excluding carboxylic acids is 1. The Bertz CT molecular complexity index is 147. The number of amides is 1. The summed E-state index contributed by atoms with van der Waals surface area (Å²) >= 11 is 0. The van der Waals surface area contributed by atoms with Crippen LogP contribution in [0.15, 0.2) is 0 Å². The fourth-order valence-corrected chi connectivity index (χ4v) is 1.51. The lowest BCUT2D eigenvalue weighted by Gasteiger charge is -2.12. The van der Waals surface area contributed by atoms with Crippen molar-refractivity contribution in [1.29, 1.82) is 0 Å². The minimum atomic E-state index is 0.273. The van der Waals surface area contributed by atoms with Gasteiger partial charge in [0.05, 0.1) is 6.61 Å². The van der Waals surface area contributed by atoms with Crippen molar-refractivity contribution < 1.29 is 9.53 Å². The number of hydrogen-bond acceptors (Lipinski definition) is 2. The minimum absolute atomic E-state index is 0.273. The minimum Gasteiger partial charge on any atom is -0.384 e. The van der Waals surface area contributed by atoms with Crippen molar-refractivity contribution in [2.24, 2.45) is 5.92 Å². The van der Waals surface area contributed by atoms with Crippen LogP contribution < -0.4 is 0 Å². The molecule has 11 heavy (non-hydrogen) atoms. The second kappa shape index (κ2) is 3.72. The van der Waals surface area contributed by atoms with E-state index in [9.17, 15) is 4.79 Å². The van der Waals surface area contributed by atoms with Crippen molar-refractivity contribution in [2.75, 3.05) is 26.8 Å². The number of likely N-dealkylation sites (tertiary alicyclic amines) is 1. The molecule has 0 aliphatic carbocycles. The molecule has 1 unspecified atom stereocenters. The van der Waals surface area contributed by atoms with Crippen LogP contribution in [0.4, 0.5) is 0 Å². The third-order valence-electron chi connectivity index (χ3n) is 2.08. The van der Waals surface area contributed by atoms with Gasteiger partial charge in [0, 0.05) is 32.5 Å². The summed E-state index contributed by atoms with van der Waals surface area (Å²) in [4.78, 5) is 13.0. The molecule has 3 heteroatoms. The number of ether oxygens (including phenoxy) is 1. The maximum absolute atomic E-state index is 11.2. The molecule has 0 aromatic carbocycles. The first-order valence-corrected chi connectivity index (χ1v) is 4.04. The third-order valence-corrected chi connectivity index (χ3v) is 2.08. The van der Waals surface area contributed by atoms with Crippen molar-refractivity contribution in [3.05, 3.63) is 0 Å². The summed E-state index contributed by atoms with van der Waals surface area (Å²) in [6, 6.07) is 0. The van der Waals surface area contributed by atoms with Crippen LogP contribution in [0.5, 0.6) is 0 Å². The number of nitrogens with zero attached hydrogens (tertiary/aromatic N) is 1. The molecule has 1 aliphatic heterocycles. The molecule has 1 aliphatic rings. The average Bonchev–Trinajstić information content (AvgIpc) is 2.32. The highest BCUT2D eigenvalue weighted by atomic mass is 16.5. The molecule has 1 amide bonds. The molecule has 1 heterocycles. The maximum Gasteiger partial charge on any atom is 0.223 e. The Balaban J connectivity index is 2.36. The van der Waals surface area contributed by atoms with Crippen LogP contribution >= 0.6 is 0 Å². The van der Waals surface area contributed by atoms with Crippen LogP contribution in [0, 0.1) is 5.92 Å². The molecule has 1 atom stereocenters. The highest BCUT2D eigenvalue weighted by Gasteiger charge is 2.27. The van der Waals surface area contributed by atoms with Crippen molar-refractivity contribution in [2.45, 2.75) is 13.3 Å². The van der Waals surface area contributed by atoms with Crippen molar-refractivity contribution >= 4 is 5.91 Å². The van der Waals surface area contributed by atoms with Gasteiger partial charge >= 0.3 is 0 Å². The van der Waals surface area contributed by atoms with Gasteiger partial charge in [-0.3, -0.25) is 4.79 Å². The smallest absolute Gasteiger partial charge is 0.223 e. The first-order chi connectivity index (χ1) is 5.27. The topological polar surface area (TPSA) is 29.5 Å². The molecule has 1 rings (SSSR count). The lowest BCUT2D eigenvalue weighted by atomic mass is 10.1. The van der Waals surface area contributed by atoms with E-state index in [1.54, 1.807) is 7.11 Å². The van der Waals surface area contributed by atoms with Crippen molar-refractivity contribution in [3.63, 3.8) is 0 Å². The average molecular weight is 157 g/mol. The molecule has 0 saturated carbocycles. The van der Waals surface area contributed by atoms with E-state index in [-0.39, 0.29) is 5.91 Å². The summed E-state index contributed by atoms with van der Waals surface area (Å²) < 4.78 is 4.99. The molecule has 0 bridgehead atoms. The number of hydrogen-bond donors (Lipinski definition) is 0. The van der Waals surface area contributed by atoms with Gasteiger partial charge in [-0.1, -0.05) is 0 Å². The largest absolute Gasteiger partial charge is 0.384 e. The highest BCUT2D eigenvalue weighted by molar-refractivity contribution is 5.78. The standard InChI is InChI=1S/C8H15NO2/c1-3-9-5-7(6-11-2)4-8(9)10/h7H,3-6H2,1-2H3. The van der Waals surface area contributed by atoms with Gasteiger partial charge in [-0.2, -0.15) is 0 Å². The maximum atomic E-state index is 11.2. The van der Waals surface area contributed by atoms with Gasteiger partial charge < -0.3 is 9.64 Å². The molecule has 0 N–H and O–H groups in total. The molecule has 0 spiro atoms. The normalized spacial score (nSPS) is 24.7. The summed E-state index contributed by atoms with van der Waals surface area (Å²) in [6.45, 7) is 4.43. The van der Waals surface area contributed by atoms with E-state index in [1.807, 2.05) is 11.8 Å². The quantitative estimate of drug-likeness (QED) is 0.597. The molecule has 1 saturated heterocycles. The van der Waals surface area contributed by atoms with Gasteiger partial charge in [-0.25, -0.2) is 0 Å². The van der Waals surface area contributed by atoms with Crippen LogP contribution in [-0.4, -0.2) is 37.6 Å². The summed E-state index contributed by atoms with van der Waals surface area (Å²) in [7, 11) is 1.68. The van der Waals surface area contributed by atoms with E-state index < -0.39 is 0 Å². The summed E-state index contributed by atoms with van der Waals surface area (Å²) in [5.74, 6) is 0.696. The van der Waals surface area contributed by atoms with Gasteiger partial charge in [-0.15, -0.1) is 0 Å². The van der Waals surface area contributed by atoms with Crippen LogP contribution in [0.25, 0.3) is 0 Å². The number of carbonyl (C=O) groups is 1. The van der Waals surface area contributed by atoms with Crippen LogP contribution in [0.1, 0.15) is 13.3 Å². The summed E-state index contributed by atoms with van der Waals surface area (Å²) in [5.41, 5.74) is 0. The Hall–Kier alpha value is -0.570. The highest BCUT2D eigenvalue weighted by Crippen LogP contribution is 2.16. The van der Waals surface area contributed by atoms with Crippen LogP contribution in [-0.2, 0) is 9.53 Å². The lowest BCUT2D eigenvalue weighted by Crippen LogP contribution is -2.24. The predicted octanol–water partition coefficient (Wildman–Crippen LogP) is 0.501. The Morgan fingerprint density at radius 1 is 1.73 bits per heavy atom. The molecule has 3 nitrogen and oxygen atoms in total. The Morgan fingerprint density at radius 2 is 2.45 bits per heavy atom. The third kappa shape index (κ3) is 1.93. The van der Waals surface area contributed by atoms with Crippen molar-refractivity contribution in [3.8, 4) is 0 Å². The van der Waals surface area contributed by atoms with E-state index in [0.29, 0.717) is 18.9 Å². The van der Waals surface area contributed by atoms with E-state index in [4.69, 9.17) is 4.74 Å². The number of methoxy groups -OCH3 is 1. The monoisotopic (exact) mass is 157 g/mol. The molecule has 1 fully saturated rings. The Morgan fingerprint density at radius 3 is 2.91 bits per heavy atom. The molecular weight excluding hydrogens is 142 g/mol. The number of rotatable bonds is 3. The van der Waals surface area contributed by atoms with Crippen molar-refractivity contribution in [1.82, 2.24) is 4.90 Å². The zero-order valence-corrected chi connectivity index (χ0v) is 7.17. The van der Waals surface area contributed by atoms with E-state index in [0.717, 1.165) is 13.1 Å². The zero-order chi connectivity index (χ0) is 8.27.